The number of alkyl halides is 5. The summed E-state index contributed by atoms with van der Waals surface area (Å²) in [7, 11) is 0. The molecule has 0 bridgehead atoms. The molecule has 1 amide bonds. The highest BCUT2D eigenvalue weighted by Gasteiger charge is 2.62. The zero-order valence-electron chi connectivity index (χ0n) is 13.2. The first kappa shape index (κ1) is 17.9. The van der Waals surface area contributed by atoms with Crippen molar-refractivity contribution < 1.29 is 31.5 Å². The molecule has 0 aromatic heterocycles. The van der Waals surface area contributed by atoms with Gasteiger partial charge in [-0.2, -0.15) is 0 Å². The van der Waals surface area contributed by atoms with Crippen molar-refractivity contribution in [3.05, 3.63) is 29.8 Å². The third-order valence-electron chi connectivity index (χ3n) is 4.37. The quantitative estimate of drug-likeness (QED) is 0.771. The van der Waals surface area contributed by atoms with Crippen LogP contribution in [0.3, 0.4) is 0 Å². The molecule has 1 saturated heterocycles. The normalized spacial score (nSPS) is 23.4. The van der Waals surface area contributed by atoms with E-state index in [0.717, 1.165) is 5.56 Å². The Bertz CT molecular complexity index is 624. The van der Waals surface area contributed by atoms with Crippen LogP contribution < -0.4 is 4.74 Å². The number of carbonyl (C=O) groups excluding carboxylic acids is 1. The van der Waals surface area contributed by atoms with E-state index in [1.165, 1.54) is 17.0 Å². The first-order chi connectivity index (χ1) is 11.6. The minimum atomic E-state index is -4.72. The second-order valence-electron chi connectivity index (χ2n) is 6.31. The number of hydrogen-bond acceptors (Lipinski definition) is 3. The fraction of sp³-hybridized carbons (Fsp3) is 0.562. The van der Waals surface area contributed by atoms with Gasteiger partial charge >= 0.3 is 6.36 Å². The maximum atomic E-state index is 13.0. The van der Waals surface area contributed by atoms with Crippen LogP contribution in [0.1, 0.15) is 12.0 Å². The Morgan fingerprint density at radius 3 is 2.16 bits per heavy atom. The molecule has 4 nitrogen and oxygen atoms in total. The van der Waals surface area contributed by atoms with Gasteiger partial charge in [0.25, 0.3) is 5.92 Å². The lowest BCUT2D eigenvalue weighted by molar-refractivity contribution is -0.274. The van der Waals surface area contributed by atoms with Gasteiger partial charge in [-0.1, -0.05) is 12.1 Å². The predicted molar refractivity (Wildman–Crippen MR) is 78.0 cm³/mol. The van der Waals surface area contributed by atoms with Crippen LogP contribution in [0.2, 0.25) is 0 Å². The second kappa shape index (κ2) is 6.44. The van der Waals surface area contributed by atoms with E-state index in [-0.39, 0.29) is 12.2 Å². The topological polar surface area (TPSA) is 32.8 Å². The van der Waals surface area contributed by atoms with Gasteiger partial charge in [0.05, 0.1) is 0 Å². The number of carbonyl (C=O) groups is 1. The Kier molecular flexibility index (Phi) is 4.61. The molecule has 0 spiro atoms. The molecule has 0 radical (unpaired) electrons. The molecule has 1 heterocycles. The van der Waals surface area contributed by atoms with Crippen LogP contribution in [-0.2, 0) is 11.3 Å². The van der Waals surface area contributed by atoms with Crippen molar-refractivity contribution in [2.75, 3.05) is 26.2 Å². The van der Waals surface area contributed by atoms with Crippen molar-refractivity contribution in [2.24, 2.45) is 5.92 Å². The highest BCUT2D eigenvalue weighted by molar-refractivity contribution is 5.83. The van der Waals surface area contributed by atoms with E-state index in [1.54, 1.807) is 12.1 Å². The van der Waals surface area contributed by atoms with Crippen LogP contribution in [-0.4, -0.2) is 54.2 Å². The number of benzene rings is 1. The molecule has 2 aliphatic rings. The van der Waals surface area contributed by atoms with Crippen LogP contribution in [0.5, 0.6) is 5.75 Å². The van der Waals surface area contributed by atoms with E-state index < -0.39 is 24.1 Å². The first-order valence-corrected chi connectivity index (χ1v) is 7.88. The highest BCUT2D eigenvalue weighted by atomic mass is 19.4. The summed E-state index contributed by atoms with van der Waals surface area (Å²) in [6.45, 7) is 2.32. The predicted octanol–water partition coefficient (Wildman–Crippen LogP) is 2.88. The molecular formula is C16H17F5N2O2. The van der Waals surface area contributed by atoms with Gasteiger partial charge in [0.2, 0.25) is 5.91 Å². The van der Waals surface area contributed by atoms with E-state index in [2.05, 4.69) is 4.74 Å². The molecule has 9 heteroatoms. The molecule has 1 atom stereocenters. The SMILES string of the molecule is O=C(C1CC1(F)F)N1CCN(Cc2ccc(OC(F)(F)F)cc2)CC1. The number of nitrogens with zero attached hydrogens (tertiary/aromatic N) is 2. The van der Waals surface area contributed by atoms with Crippen molar-refractivity contribution in [3.8, 4) is 5.75 Å². The smallest absolute Gasteiger partial charge is 0.406 e. The van der Waals surface area contributed by atoms with E-state index in [1.807, 2.05) is 4.90 Å². The molecule has 1 aliphatic carbocycles. The van der Waals surface area contributed by atoms with Crippen LogP contribution in [0.15, 0.2) is 24.3 Å². The van der Waals surface area contributed by atoms with Crippen LogP contribution in [0.4, 0.5) is 22.0 Å². The standard InChI is InChI=1S/C16H17F5N2O2/c17-15(18)9-13(15)14(24)23-7-5-22(6-8-23)10-11-1-3-12(4-2-11)25-16(19,20)21/h1-4,13H,5-10H2. The maximum absolute atomic E-state index is 13.0. The van der Waals surface area contributed by atoms with Crippen molar-refractivity contribution in [1.29, 1.82) is 0 Å². The molecule has 2 fully saturated rings. The number of amides is 1. The molecule has 3 rings (SSSR count). The highest BCUT2D eigenvalue weighted by Crippen LogP contribution is 2.49. The van der Waals surface area contributed by atoms with Gasteiger partial charge in [-0.05, 0) is 17.7 Å². The Morgan fingerprint density at radius 2 is 1.68 bits per heavy atom. The van der Waals surface area contributed by atoms with Crippen LogP contribution >= 0.6 is 0 Å². The Labute approximate surface area is 141 Å². The average molecular weight is 364 g/mol. The molecule has 0 N–H and O–H groups in total. The van der Waals surface area contributed by atoms with Gasteiger partial charge in [0, 0.05) is 39.1 Å². The Balaban J connectivity index is 1.47. The minimum Gasteiger partial charge on any atom is -0.406 e. The molecule has 1 aromatic carbocycles. The van der Waals surface area contributed by atoms with E-state index in [9.17, 15) is 26.7 Å². The van der Waals surface area contributed by atoms with Crippen molar-refractivity contribution in [2.45, 2.75) is 25.3 Å². The van der Waals surface area contributed by atoms with E-state index >= 15 is 0 Å². The van der Waals surface area contributed by atoms with Gasteiger partial charge in [0.15, 0.2) is 0 Å². The lowest BCUT2D eigenvalue weighted by Gasteiger charge is -2.34. The third-order valence-corrected chi connectivity index (χ3v) is 4.37. The number of hydrogen-bond donors (Lipinski definition) is 0. The summed E-state index contributed by atoms with van der Waals surface area (Å²) in [5.74, 6) is -4.79. The second-order valence-corrected chi connectivity index (χ2v) is 6.31. The molecule has 1 unspecified atom stereocenters. The minimum absolute atomic E-state index is 0.281. The fourth-order valence-electron chi connectivity index (χ4n) is 2.88. The molecule has 1 saturated carbocycles. The van der Waals surface area contributed by atoms with Gasteiger partial charge < -0.3 is 9.64 Å². The largest absolute Gasteiger partial charge is 0.573 e. The van der Waals surface area contributed by atoms with Crippen molar-refractivity contribution >= 4 is 5.91 Å². The van der Waals surface area contributed by atoms with Crippen molar-refractivity contribution in [1.82, 2.24) is 9.80 Å². The summed E-state index contributed by atoms with van der Waals surface area (Å²) in [6.07, 6.45) is -5.08. The lowest BCUT2D eigenvalue weighted by Crippen LogP contribution is -2.49. The molecule has 25 heavy (non-hydrogen) atoms. The summed E-state index contributed by atoms with van der Waals surface area (Å²) in [5.41, 5.74) is 0.808. The zero-order chi connectivity index (χ0) is 18.2. The van der Waals surface area contributed by atoms with Gasteiger partial charge in [-0.15, -0.1) is 13.2 Å². The van der Waals surface area contributed by atoms with Crippen LogP contribution in [0.25, 0.3) is 0 Å². The average Bonchev–Trinajstić information content (AvgIpc) is 3.16. The molecule has 1 aromatic rings. The summed E-state index contributed by atoms with van der Waals surface area (Å²) in [6, 6.07) is 5.59. The number of halogens is 5. The lowest BCUT2D eigenvalue weighted by atomic mass is 10.2. The summed E-state index contributed by atoms with van der Waals surface area (Å²) in [5, 5.41) is 0. The van der Waals surface area contributed by atoms with Crippen LogP contribution in [0, 0.1) is 5.92 Å². The van der Waals surface area contributed by atoms with Gasteiger partial charge in [0.1, 0.15) is 11.7 Å². The summed E-state index contributed by atoms with van der Waals surface area (Å²) < 4.78 is 66.1. The fourth-order valence-corrected chi connectivity index (χ4v) is 2.88. The molecule has 1 aliphatic heterocycles. The summed E-state index contributed by atoms with van der Waals surface area (Å²) in [4.78, 5) is 15.4. The Morgan fingerprint density at radius 1 is 1.12 bits per heavy atom. The van der Waals surface area contributed by atoms with E-state index in [4.69, 9.17) is 0 Å². The third kappa shape index (κ3) is 4.59. The molecular weight excluding hydrogens is 347 g/mol. The first-order valence-electron chi connectivity index (χ1n) is 7.88. The monoisotopic (exact) mass is 364 g/mol. The zero-order valence-corrected chi connectivity index (χ0v) is 13.2. The Hall–Kier alpha value is -1.90. The van der Waals surface area contributed by atoms with Crippen molar-refractivity contribution in [3.63, 3.8) is 0 Å². The number of rotatable bonds is 4. The van der Waals surface area contributed by atoms with E-state index in [0.29, 0.717) is 32.7 Å². The number of piperazine rings is 1. The maximum Gasteiger partial charge on any atom is 0.573 e. The summed E-state index contributed by atoms with van der Waals surface area (Å²) >= 11 is 0. The number of ether oxygens (including phenoxy) is 1. The van der Waals surface area contributed by atoms with Gasteiger partial charge in [-0.3, -0.25) is 9.69 Å². The molecule has 138 valence electrons. The van der Waals surface area contributed by atoms with Gasteiger partial charge in [-0.25, -0.2) is 8.78 Å².